The van der Waals surface area contributed by atoms with Gasteiger partial charge in [0.05, 0.1) is 12.2 Å². The average Bonchev–Trinajstić information content (AvgIpc) is 2.94. The summed E-state index contributed by atoms with van der Waals surface area (Å²) < 4.78 is 0. The van der Waals surface area contributed by atoms with Crippen LogP contribution in [0.1, 0.15) is 41.3 Å². The number of benzene rings is 2. The standard InChI is InChI=1S/C29H35N7O2.ClH/c30-28(31)23-11-9-21(10-12-23)18-33-27(25-8-4-5-15-32-25)29(38)34-19-26(37)35-24-13-16-36(17-14-24)20-22-6-2-1-3-7-22;/h1-12,15,24,27,33H,13-14,16-20H2,(H3,30,31)(H,34,38)(H,35,37);1H. The molecule has 4 rings (SSSR count). The molecule has 2 heterocycles. The number of likely N-dealkylation sites (tertiary alicyclic amines) is 1. The maximum absolute atomic E-state index is 13.1. The monoisotopic (exact) mass is 549 g/mol. The first-order valence-corrected chi connectivity index (χ1v) is 12.9. The molecule has 6 N–H and O–H groups in total. The van der Waals surface area contributed by atoms with E-state index in [1.165, 1.54) is 5.56 Å². The second-order valence-corrected chi connectivity index (χ2v) is 9.50. The van der Waals surface area contributed by atoms with Crippen LogP contribution in [-0.4, -0.2) is 53.2 Å². The van der Waals surface area contributed by atoms with Crippen LogP contribution in [0.3, 0.4) is 0 Å². The van der Waals surface area contributed by atoms with Gasteiger partial charge in [0.15, 0.2) is 0 Å². The molecule has 1 fully saturated rings. The fourth-order valence-corrected chi connectivity index (χ4v) is 4.53. The molecule has 9 nitrogen and oxygen atoms in total. The molecule has 1 atom stereocenters. The molecule has 10 heteroatoms. The van der Waals surface area contributed by atoms with Gasteiger partial charge in [0.25, 0.3) is 0 Å². The highest BCUT2D eigenvalue weighted by molar-refractivity contribution is 5.94. The summed E-state index contributed by atoms with van der Waals surface area (Å²) in [4.78, 5) is 32.4. The number of nitrogens with two attached hydrogens (primary N) is 1. The van der Waals surface area contributed by atoms with Crippen LogP contribution in [0.4, 0.5) is 0 Å². The van der Waals surface area contributed by atoms with Crippen LogP contribution in [0.25, 0.3) is 0 Å². The summed E-state index contributed by atoms with van der Waals surface area (Å²) in [5, 5.41) is 16.6. The van der Waals surface area contributed by atoms with E-state index in [2.05, 4.69) is 50.1 Å². The Balaban J connectivity index is 0.00000420. The molecule has 0 saturated carbocycles. The number of rotatable bonds is 11. The van der Waals surface area contributed by atoms with E-state index in [9.17, 15) is 9.59 Å². The predicted octanol–water partition coefficient (Wildman–Crippen LogP) is 2.52. The molecule has 0 aliphatic carbocycles. The third-order valence-electron chi connectivity index (χ3n) is 6.65. The number of carbonyl (C=O) groups is 2. The molecule has 206 valence electrons. The summed E-state index contributed by atoms with van der Waals surface area (Å²) >= 11 is 0. The Bertz CT molecular complexity index is 1200. The van der Waals surface area contributed by atoms with Gasteiger partial charge in [-0.2, -0.15) is 0 Å². The third kappa shape index (κ3) is 9.17. The van der Waals surface area contributed by atoms with Gasteiger partial charge in [0.1, 0.15) is 11.9 Å². The molecule has 2 aromatic carbocycles. The van der Waals surface area contributed by atoms with E-state index in [0.29, 0.717) is 17.8 Å². The number of piperidine rings is 1. The maximum Gasteiger partial charge on any atom is 0.243 e. The minimum atomic E-state index is -0.724. The van der Waals surface area contributed by atoms with Gasteiger partial charge in [-0.15, -0.1) is 12.4 Å². The molecule has 1 saturated heterocycles. The summed E-state index contributed by atoms with van der Waals surface area (Å²) in [6.45, 7) is 3.07. The second kappa shape index (κ2) is 15.0. The summed E-state index contributed by atoms with van der Waals surface area (Å²) in [5.41, 5.74) is 8.95. The number of carbonyl (C=O) groups excluding carboxylic acids is 2. The molecular weight excluding hydrogens is 514 g/mol. The first kappa shape index (κ1) is 29.8. The molecular formula is C29H36ClN7O2. The van der Waals surface area contributed by atoms with Crippen molar-refractivity contribution in [2.75, 3.05) is 19.6 Å². The number of halogens is 1. The van der Waals surface area contributed by atoms with E-state index in [0.717, 1.165) is 38.0 Å². The van der Waals surface area contributed by atoms with Crippen LogP contribution in [0.5, 0.6) is 0 Å². The van der Waals surface area contributed by atoms with E-state index in [1.54, 1.807) is 30.5 Å². The van der Waals surface area contributed by atoms with Crippen molar-refractivity contribution in [3.8, 4) is 0 Å². The molecule has 39 heavy (non-hydrogen) atoms. The number of hydrogen-bond donors (Lipinski definition) is 5. The lowest BCUT2D eigenvalue weighted by atomic mass is 10.0. The smallest absolute Gasteiger partial charge is 0.243 e. The number of nitrogen functional groups attached to an aromatic ring is 1. The van der Waals surface area contributed by atoms with Gasteiger partial charge >= 0.3 is 0 Å². The third-order valence-corrected chi connectivity index (χ3v) is 6.65. The molecule has 2 amide bonds. The molecule has 0 bridgehead atoms. The van der Waals surface area contributed by atoms with Crippen LogP contribution in [0, 0.1) is 5.41 Å². The van der Waals surface area contributed by atoms with Crippen molar-refractivity contribution in [2.45, 2.75) is 38.0 Å². The quantitative estimate of drug-likeness (QED) is 0.184. The fourth-order valence-electron chi connectivity index (χ4n) is 4.53. The zero-order valence-corrected chi connectivity index (χ0v) is 22.6. The number of aromatic nitrogens is 1. The molecule has 3 aromatic rings. The van der Waals surface area contributed by atoms with Crippen molar-refractivity contribution in [1.82, 2.24) is 25.8 Å². The minimum Gasteiger partial charge on any atom is -0.384 e. The lowest BCUT2D eigenvalue weighted by Crippen LogP contribution is -2.48. The largest absolute Gasteiger partial charge is 0.384 e. The Morgan fingerprint density at radius 3 is 2.31 bits per heavy atom. The average molecular weight is 550 g/mol. The summed E-state index contributed by atoms with van der Waals surface area (Å²) in [6, 6.07) is 22.4. The van der Waals surface area contributed by atoms with E-state index in [-0.39, 0.29) is 42.6 Å². The van der Waals surface area contributed by atoms with E-state index >= 15 is 0 Å². The number of amidine groups is 1. The second-order valence-electron chi connectivity index (χ2n) is 9.50. The Morgan fingerprint density at radius 1 is 0.974 bits per heavy atom. The Morgan fingerprint density at radius 2 is 1.67 bits per heavy atom. The first-order valence-electron chi connectivity index (χ1n) is 12.9. The van der Waals surface area contributed by atoms with E-state index in [4.69, 9.17) is 11.1 Å². The van der Waals surface area contributed by atoms with Crippen molar-refractivity contribution in [2.24, 2.45) is 5.73 Å². The number of pyridine rings is 1. The molecule has 1 aliphatic rings. The molecule has 1 aromatic heterocycles. The highest BCUT2D eigenvalue weighted by Crippen LogP contribution is 2.15. The zero-order valence-electron chi connectivity index (χ0n) is 21.8. The van der Waals surface area contributed by atoms with Crippen molar-refractivity contribution in [1.29, 1.82) is 5.41 Å². The van der Waals surface area contributed by atoms with Gasteiger partial charge in [-0.3, -0.25) is 30.2 Å². The van der Waals surface area contributed by atoms with Gasteiger partial charge in [-0.1, -0.05) is 60.7 Å². The maximum atomic E-state index is 13.1. The minimum absolute atomic E-state index is 0. The number of nitrogens with zero attached hydrogens (tertiary/aromatic N) is 2. The SMILES string of the molecule is Cl.N=C(N)c1ccc(CNC(C(=O)NCC(=O)NC2CCN(Cc3ccccc3)CC2)c2ccccn2)cc1. The molecule has 1 aliphatic heterocycles. The van der Waals surface area contributed by atoms with Crippen molar-refractivity contribution in [3.05, 3.63) is 101 Å². The topological polar surface area (TPSA) is 136 Å². The summed E-state index contributed by atoms with van der Waals surface area (Å²) in [7, 11) is 0. The van der Waals surface area contributed by atoms with Gasteiger partial charge < -0.3 is 16.4 Å². The van der Waals surface area contributed by atoms with E-state index < -0.39 is 6.04 Å². The van der Waals surface area contributed by atoms with Crippen molar-refractivity contribution >= 4 is 30.1 Å². The summed E-state index contributed by atoms with van der Waals surface area (Å²) in [6.07, 6.45) is 3.40. The number of hydrogen-bond acceptors (Lipinski definition) is 6. The number of amides is 2. The summed E-state index contributed by atoms with van der Waals surface area (Å²) in [5.74, 6) is -0.511. The normalized spacial score (nSPS) is 14.6. The highest BCUT2D eigenvalue weighted by atomic mass is 35.5. The van der Waals surface area contributed by atoms with Crippen LogP contribution >= 0.6 is 12.4 Å². The molecule has 0 spiro atoms. The zero-order chi connectivity index (χ0) is 26.7. The Labute approximate surface area is 235 Å². The van der Waals surface area contributed by atoms with E-state index in [1.807, 2.05) is 24.3 Å². The molecule has 0 radical (unpaired) electrons. The Hall–Kier alpha value is -3.79. The van der Waals surface area contributed by atoms with Crippen LogP contribution in [0.2, 0.25) is 0 Å². The predicted molar refractivity (Wildman–Crippen MR) is 154 cm³/mol. The first-order chi connectivity index (χ1) is 18.5. The number of nitrogens with one attached hydrogen (secondary N) is 4. The van der Waals surface area contributed by atoms with Gasteiger partial charge in [0.2, 0.25) is 11.8 Å². The van der Waals surface area contributed by atoms with Gasteiger partial charge in [0, 0.05) is 44.0 Å². The highest BCUT2D eigenvalue weighted by Gasteiger charge is 2.24. The lowest BCUT2D eigenvalue weighted by Gasteiger charge is -2.32. The van der Waals surface area contributed by atoms with Crippen molar-refractivity contribution in [3.63, 3.8) is 0 Å². The lowest BCUT2D eigenvalue weighted by molar-refractivity contribution is -0.128. The van der Waals surface area contributed by atoms with Crippen molar-refractivity contribution < 1.29 is 9.59 Å². The van der Waals surface area contributed by atoms with Crippen LogP contribution < -0.4 is 21.7 Å². The van der Waals surface area contributed by atoms with Gasteiger partial charge in [-0.25, -0.2) is 0 Å². The van der Waals surface area contributed by atoms with Gasteiger partial charge in [-0.05, 0) is 36.1 Å². The van der Waals surface area contributed by atoms with Crippen LogP contribution in [-0.2, 0) is 22.7 Å². The fraction of sp³-hybridized carbons (Fsp3) is 0.310. The van der Waals surface area contributed by atoms with Crippen LogP contribution in [0.15, 0.2) is 79.0 Å². The molecule has 1 unspecified atom stereocenters. The Kier molecular flexibility index (Phi) is 11.4.